The minimum atomic E-state index is -4.33. The smallest absolute Gasteiger partial charge is 0.387 e. The number of nitrogens with zero attached hydrogens (tertiary/aromatic N) is 2. The van der Waals surface area contributed by atoms with Crippen molar-refractivity contribution >= 4 is 55.2 Å². The van der Waals surface area contributed by atoms with Gasteiger partial charge in [0.05, 0.1) is 16.3 Å². The molecule has 4 aromatic rings. The van der Waals surface area contributed by atoms with Gasteiger partial charge in [0.15, 0.2) is 0 Å². The second kappa shape index (κ2) is 11.0. The molecule has 0 heterocycles. The maximum absolute atomic E-state index is 13.2. The molecule has 0 atom stereocenters. The van der Waals surface area contributed by atoms with E-state index in [4.69, 9.17) is 16.3 Å². The van der Waals surface area contributed by atoms with Crippen LogP contribution in [0, 0.1) is 10.1 Å². The summed E-state index contributed by atoms with van der Waals surface area (Å²) in [5.41, 5.74) is 2.65. The highest BCUT2D eigenvalue weighted by Gasteiger charge is 2.23. The summed E-state index contributed by atoms with van der Waals surface area (Å²) in [6.07, 6.45) is 0. The monoisotopic (exact) mass is 560 g/mol. The number of hydrogen-bond acceptors (Lipinski definition) is 7. The van der Waals surface area contributed by atoms with Crippen molar-refractivity contribution in [3.05, 3.63) is 99.6 Å². The molecule has 0 aromatic heterocycles. The summed E-state index contributed by atoms with van der Waals surface area (Å²) in [5.74, 6) is -0.0953. The lowest BCUT2D eigenvalue weighted by Gasteiger charge is -2.15. The maximum Gasteiger partial charge on any atom is 0.387 e. The van der Waals surface area contributed by atoms with E-state index in [0.29, 0.717) is 15.8 Å². The van der Waals surface area contributed by atoms with Gasteiger partial charge in [-0.05, 0) is 48.7 Å². The number of ether oxygens (including phenoxy) is 1. The first-order valence-electron chi connectivity index (χ1n) is 10.9. The largest absolute Gasteiger partial charge is 0.433 e. The summed E-state index contributed by atoms with van der Waals surface area (Å²) in [7, 11) is -4.33. The summed E-state index contributed by atoms with van der Waals surface area (Å²) in [4.78, 5) is 10.1. The zero-order chi connectivity index (χ0) is 27.4. The number of rotatable bonds is 9. The first kappa shape index (κ1) is 26.8. The molecule has 196 valence electrons. The third-order valence-electron chi connectivity index (χ3n) is 5.38. The van der Waals surface area contributed by atoms with E-state index >= 15 is 0 Å². The van der Waals surface area contributed by atoms with E-state index in [1.807, 2.05) is 0 Å². The summed E-state index contributed by atoms with van der Waals surface area (Å²) >= 11 is 5.85. The number of alkyl halides is 2. The highest BCUT2D eigenvalue weighted by Crippen LogP contribution is 2.33. The Balaban J connectivity index is 1.73. The van der Waals surface area contributed by atoms with Crippen LogP contribution < -0.4 is 14.9 Å². The van der Waals surface area contributed by atoms with Crippen LogP contribution in [0.1, 0.15) is 12.5 Å². The highest BCUT2D eigenvalue weighted by atomic mass is 35.5. The molecule has 0 unspecified atom stereocenters. The highest BCUT2D eigenvalue weighted by molar-refractivity contribution is 7.92. The number of hydrogen-bond donors (Lipinski definition) is 2. The minimum absolute atomic E-state index is 0.0893. The lowest BCUT2D eigenvalue weighted by Crippen LogP contribution is -2.15. The number of anilines is 2. The van der Waals surface area contributed by atoms with Crippen LogP contribution in [0.3, 0.4) is 0 Å². The second-order valence-corrected chi connectivity index (χ2v) is 9.99. The first-order valence-corrected chi connectivity index (χ1v) is 12.8. The Kier molecular flexibility index (Phi) is 7.74. The lowest BCUT2D eigenvalue weighted by molar-refractivity contribution is -0.385. The van der Waals surface area contributed by atoms with Crippen molar-refractivity contribution in [2.75, 3.05) is 10.1 Å². The van der Waals surface area contributed by atoms with Crippen LogP contribution in [0.2, 0.25) is 5.02 Å². The fraction of sp³-hybridized carbons (Fsp3) is 0.0800. The molecule has 0 saturated heterocycles. The van der Waals surface area contributed by atoms with Crippen molar-refractivity contribution in [1.82, 2.24) is 0 Å². The summed E-state index contributed by atoms with van der Waals surface area (Å²) in [5, 5.41) is 17.0. The van der Waals surface area contributed by atoms with E-state index in [1.165, 1.54) is 37.3 Å². The van der Waals surface area contributed by atoms with E-state index in [9.17, 15) is 27.3 Å². The van der Waals surface area contributed by atoms with Crippen LogP contribution in [0.5, 0.6) is 5.75 Å². The molecule has 0 aliphatic rings. The molecule has 4 aromatic carbocycles. The third-order valence-corrected chi connectivity index (χ3v) is 7.06. The molecule has 0 fully saturated rings. The van der Waals surface area contributed by atoms with Crippen LogP contribution in [0.25, 0.3) is 10.8 Å². The van der Waals surface area contributed by atoms with Crippen molar-refractivity contribution < 1.29 is 26.9 Å². The zero-order valence-corrected chi connectivity index (χ0v) is 21.1. The number of nitro groups is 1. The van der Waals surface area contributed by atoms with Crippen LogP contribution in [-0.4, -0.2) is 25.7 Å². The molecule has 0 bridgehead atoms. The lowest BCUT2D eigenvalue weighted by atomic mass is 10.0. The second-order valence-electron chi connectivity index (χ2n) is 7.90. The van der Waals surface area contributed by atoms with E-state index in [1.54, 1.807) is 36.4 Å². The minimum Gasteiger partial charge on any atom is -0.433 e. The van der Waals surface area contributed by atoms with E-state index in [-0.39, 0.29) is 28.4 Å². The van der Waals surface area contributed by atoms with Crippen molar-refractivity contribution in [2.45, 2.75) is 18.4 Å². The van der Waals surface area contributed by atoms with Crippen LogP contribution in [0.15, 0.2) is 88.9 Å². The number of nitrogens with one attached hydrogen (secondary N) is 2. The van der Waals surface area contributed by atoms with Gasteiger partial charge in [0.1, 0.15) is 10.6 Å². The van der Waals surface area contributed by atoms with Gasteiger partial charge in [-0.15, -0.1) is 0 Å². The fourth-order valence-corrected chi connectivity index (χ4v) is 4.98. The molecule has 0 aliphatic carbocycles. The SMILES string of the molecule is CC(=NNc1ccc([N+](=O)[O-])cc1S(=O)(=O)Nc1ccc(Cl)cc1)c1ccc2ccccc2c1OC(F)F. The molecule has 13 heteroatoms. The fourth-order valence-electron chi connectivity index (χ4n) is 3.62. The molecular formula is C25H19ClF2N4O5S. The van der Waals surface area contributed by atoms with Crippen molar-refractivity contribution in [2.24, 2.45) is 5.10 Å². The van der Waals surface area contributed by atoms with Gasteiger partial charge in [0, 0.05) is 33.8 Å². The van der Waals surface area contributed by atoms with Gasteiger partial charge in [-0.25, -0.2) is 8.42 Å². The number of fused-ring (bicyclic) bond motifs is 1. The Labute approximate surface area is 220 Å². The van der Waals surface area contributed by atoms with Crippen molar-refractivity contribution in [3.8, 4) is 5.75 Å². The molecule has 9 nitrogen and oxygen atoms in total. The van der Waals surface area contributed by atoms with Gasteiger partial charge in [0.25, 0.3) is 15.7 Å². The number of hydrazone groups is 1. The molecule has 0 aliphatic heterocycles. The van der Waals surface area contributed by atoms with Gasteiger partial charge in [-0.1, -0.05) is 41.9 Å². The molecular weight excluding hydrogens is 542 g/mol. The van der Waals surface area contributed by atoms with Crippen LogP contribution >= 0.6 is 11.6 Å². The standard InChI is InChI=1S/C25H19ClF2N4O5S/c1-15(20-12-6-16-4-2-3-5-21(16)24(20)37-25(27)28)29-30-22-13-11-19(32(33)34)14-23(22)38(35,36)31-18-9-7-17(26)8-10-18/h2-14,25,30-31H,1H3. The van der Waals surface area contributed by atoms with Crippen molar-refractivity contribution in [1.29, 1.82) is 0 Å². The summed E-state index contributed by atoms with van der Waals surface area (Å²) < 4.78 is 59.9. The average molecular weight is 561 g/mol. The molecule has 0 saturated carbocycles. The van der Waals surface area contributed by atoms with Gasteiger partial charge in [0.2, 0.25) is 0 Å². The van der Waals surface area contributed by atoms with E-state index in [2.05, 4.69) is 15.2 Å². The molecule has 0 amide bonds. The topological polar surface area (TPSA) is 123 Å². The predicted molar refractivity (Wildman–Crippen MR) is 142 cm³/mol. The normalized spacial score (nSPS) is 12.0. The Morgan fingerprint density at radius 3 is 2.45 bits per heavy atom. The molecule has 4 rings (SSSR count). The number of halogens is 3. The van der Waals surface area contributed by atoms with Crippen LogP contribution in [-0.2, 0) is 10.0 Å². The Morgan fingerprint density at radius 2 is 1.76 bits per heavy atom. The summed E-state index contributed by atoms with van der Waals surface area (Å²) in [6.45, 7) is -1.58. The summed E-state index contributed by atoms with van der Waals surface area (Å²) in [6, 6.07) is 19.0. The Bertz CT molecular complexity index is 1650. The van der Waals surface area contributed by atoms with Crippen molar-refractivity contribution in [3.63, 3.8) is 0 Å². The predicted octanol–water partition coefficient (Wildman–Crippen LogP) is 6.64. The quantitative estimate of drug-likeness (QED) is 0.134. The number of nitro benzene ring substituents is 1. The average Bonchev–Trinajstić information content (AvgIpc) is 2.88. The number of sulfonamides is 1. The number of non-ortho nitro benzene ring substituents is 1. The Hall–Kier alpha value is -4.29. The van der Waals surface area contributed by atoms with Gasteiger partial charge < -0.3 is 4.74 Å². The molecule has 38 heavy (non-hydrogen) atoms. The van der Waals surface area contributed by atoms with Gasteiger partial charge in [-0.2, -0.15) is 13.9 Å². The molecule has 2 N–H and O–H groups in total. The van der Waals surface area contributed by atoms with E-state index < -0.39 is 32.1 Å². The molecule has 0 radical (unpaired) electrons. The van der Waals surface area contributed by atoms with Crippen LogP contribution in [0.4, 0.5) is 25.8 Å². The van der Waals surface area contributed by atoms with Gasteiger partial charge in [-0.3, -0.25) is 20.3 Å². The molecule has 0 spiro atoms. The van der Waals surface area contributed by atoms with E-state index in [0.717, 1.165) is 12.1 Å². The first-order chi connectivity index (χ1) is 18.0. The number of benzene rings is 4. The Morgan fingerprint density at radius 1 is 1.05 bits per heavy atom. The zero-order valence-electron chi connectivity index (χ0n) is 19.6. The maximum atomic E-state index is 13.2. The van der Waals surface area contributed by atoms with Gasteiger partial charge >= 0.3 is 6.61 Å². The third kappa shape index (κ3) is 5.98.